The Kier molecular flexibility index (Phi) is 20.3. The van der Waals surface area contributed by atoms with Crippen LogP contribution in [0.15, 0.2) is 109 Å². The fourth-order valence-corrected chi connectivity index (χ4v) is 13.0. The second kappa shape index (κ2) is 28.5. The van der Waals surface area contributed by atoms with Crippen LogP contribution in [0.3, 0.4) is 0 Å². The summed E-state index contributed by atoms with van der Waals surface area (Å²) in [5.41, 5.74) is 14.2. The third kappa shape index (κ3) is 14.8. The van der Waals surface area contributed by atoms with E-state index in [0.29, 0.717) is 41.5 Å². The van der Waals surface area contributed by atoms with Crippen molar-refractivity contribution >= 4 is 97.3 Å². The molecule has 3 atom stereocenters. The molecule has 7 aromatic rings. The van der Waals surface area contributed by atoms with E-state index in [9.17, 15) is 33.6 Å². The summed E-state index contributed by atoms with van der Waals surface area (Å²) >= 11 is 8.06. The van der Waals surface area contributed by atoms with Gasteiger partial charge < -0.3 is 65.6 Å². The van der Waals surface area contributed by atoms with E-state index in [0.717, 1.165) is 79.8 Å². The van der Waals surface area contributed by atoms with Gasteiger partial charge in [0.05, 0.1) is 10.4 Å². The molecule has 7 N–H and O–H groups in total. The number of rotatable bonds is 24. The number of benzene rings is 5. The van der Waals surface area contributed by atoms with Crippen LogP contribution in [-0.4, -0.2) is 153 Å². The highest BCUT2D eigenvalue weighted by Crippen LogP contribution is 2.49. The van der Waals surface area contributed by atoms with Crippen LogP contribution >= 0.6 is 22.9 Å². The number of anilines is 2. The molecule has 1 saturated heterocycles. The predicted octanol–water partition coefficient (Wildman–Crippen LogP) is 10.3. The molecule has 23 heteroatoms. The molecule has 1 aliphatic carbocycles. The SMILES string of the molecule is Cc1csc2c(OC(=O)N(C)CCN(C)C(=O)OCc3ccc(NC(=O)C(CCCNC(N)=O)NC(=O)C(NC(=O)OCC4c5ccccc5-c5ccccc54)C(C)C)cc3)cc3c(c12)C(CCl)CN3C(=O)c1cc2cc(OCCN3CCCC3)ccc2[nH]1. The molecule has 0 radical (unpaired) electrons. The second-order valence-corrected chi connectivity index (χ2v) is 24.4. The largest absolute Gasteiger partial charge is 0.492 e. The first-order valence-electron chi connectivity index (χ1n) is 30.0. The van der Waals surface area contributed by atoms with Gasteiger partial charge in [-0.2, -0.15) is 0 Å². The number of likely N-dealkylation sites (N-methyl/N-ethyl adjacent to an activating group) is 2. The highest BCUT2D eigenvalue weighted by atomic mass is 35.5. The van der Waals surface area contributed by atoms with Gasteiger partial charge >= 0.3 is 24.3 Å². The van der Waals surface area contributed by atoms with Crippen LogP contribution in [0.1, 0.15) is 89.7 Å². The molecule has 0 spiro atoms. The number of aromatic amines is 1. The Bertz CT molecular complexity index is 3710. The molecule has 5 aromatic carbocycles. The Labute approximate surface area is 525 Å². The highest BCUT2D eigenvalue weighted by Gasteiger charge is 2.38. The lowest BCUT2D eigenvalue weighted by Gasteiger charge is -2.25. The molecule has 1 fully saturated rings. The molecule has 3 aliphatic rings. The molecule has 0 saturated carbocycles. The van der Waals surface area contributed by atoms with Crippen LogP contribution in [0.4, 0.5) is 30.6 Å². The number of primary amides is 1. The normalized spacial score (nSPS) is 15.0. The van der Waals surface area contributed by atoms with Crippen molar-refractivity contribution in [3.8, 4) is 22.6 Å². The smallest absolute Gasteiger partial charge is 0.415 e. The van der Waals surface area contributed by atoms with Gasteiger partial charge in [-0.1, -0.05) is 74.5 Å². The number of ether oxygens (including phenoxy) is 4. The molecule has 2 aliphatic heterocycles. The number of urea groups is 1. The number of nitrogens with two attached hydrogens (primary N) is 1. The number of hydrogen-bond acceptors (Lipinski definition) is 13. The number of alkyl halides is 1. The zero-order chi connectivity index (χ0) is 62.9. The van der Waals surface area contributed by atoms with E-state index in [1.54, 1.807) is 63.2 Å². The van der Waals surface area contributed by atoms with Crippen LogP contribution in [0.5, 0.6) is 11.5 Å². The number of halogens is 1. The van der Waals surface area contributed by atoms with E-state index >= 15 is 0 Å². The number of H-pyrrole nitrogens is 1. The Morgan fingerprint density at radius 2 is 1.53 bits per heavy atom. The lowest BCUT2D eigenvalue weighted by molar-refractivity contribution is -0.128. The number of nitrogens with zero attached hydrogens (tertiary/aromatic N) is 4. The standard InChI is InChI=1S/C66H75ClN10O11S/c1-39(2)58(73-64(82)86-37-50-48-15-8-6-13-46(48)47-14-7-9-16-49(47)50)61(79)72-52(17-12-24-69-63(68)81)60(78)70-44-20-18-41(19-21-44)36-87-65(83)74(4)27-28-75(5)66(84)88-55-33-54-57(56-40(3)38-89-59(55)56)43(34-67)35-77(54)62(80)53-32-42-31-45(22-23-51(42)71-53)85-30-29-76-25-10-11-26-76/h6-9,13-16,18-23,31-33,38-39,43,50,52,58,71H,10-12,17,24-30,34-37H2,1-5H3,(H,70,78)(H,72,79)(H,73,82)(H3,68,69,81). The maximum atomic E-state index is 14.5. The van der Waals surface area contributed by atoms with Crippen molar-refractivity contribution < 1.29 is 52.5 Å². The van der Waals surface area contributed by atoms with E-state index in [2.05, 4.69) is 31.2 Å². The zero-order valence-electron chi connectivity index (χ0n) is 50.5. The second-order valence-electron chi connectivity index (χ2n) is 23.2. The van der Waals surface area contributed by atoms with Crippen LogP contribution < -0.4 is 41.4 Å². The summed E-state index contributed by atoms with van der Waals surface area (Å²) < 4.78 is 24.3. The number of hydrogen-bond donors (Lipinski definition) is 6. The van der Waals surface area contributed by atoms with Gasteiger partial charge in [-0.25, -0.2) is 19.2 Å². The Morgan fingerprint density at radius 1 is 0.831 bits per heavy atom. The van der Waals surface area contributed by atoms with Gasteiger partial charge in [0.25, 0.3) is 5.91 Å². The molecule has 21 nitrogen and oxygen atoms in total. The number of carbonyl (C=O) groups is 7. The topological polar surface area (TPSA) is 259 Å². The Morgan fingerprint density at radius 3 is 2.21 bits per heavy atom. The number of thiophene rings is 1. The minimum atomic E-state index is -1.09. The number of amides is 8. The average molecular weight is 1250 g/mol. The van der Waals surface area contributed by atoms with Crippen LogP contribution in [0.2, 0.25) is 0 Å². The number of carbonyl (C=O) groups excluding carboxylic acids is 7. The maximum absolute atomic E-state index is 14.5. The van der Waals surface area contributed by atoms with E-state index in [-0.39, 0.29) is 69.3 Å². The lowest BCUT2D eigenvalue weighted by atomic mass is 9.97. The summed E-state index contributed by atoms with van der Waals surface area (Å²) in [6.45, 7) is 9.78. The maximum Gasteiger partial charge on any atom is 0.415 e. The number of fused-ring (bicyclic) bond motifs is 7. The fourth-order valence-electron chi connectivity index (χ4n) is 11.7. The van der Waals surface area contributed by atoms with Gasteiger partial charge in [0.1, 0.15) is 43.3 Å². The fraction of sp³-hybridized carbons (Fsp3) is 0.379. The lowest BCUT2D eigenvalue weighted by Crippen LogP contribution is -2.54. The summed E-state index contributed by atoms with van der Waals surface area (Å²) in [7, 11) is 3.12. The molecular formula is C66H75ClN10O11S. The average Bonchev–Trinajstić information content (AvgIpc) is 1.61. The summed E-state index contributed by atoms with van der Waals surface area (Å²) in [5, 5.41) is 14.5. The molecule has 10 rings (SSSR count). The van der Waals surface area contributed by atoms with Gasteiger partial charge in [-0.3, -0.25) is 19.3 Å². The molecule has 468 valence electrons. The number of aryl methyl sites for hydroxylation is 1. The van der Waals surface area contributed by atoms with Gasteiger partial charge in [0.15, 0.2) is 5.75 Å². The summed E-state index contributed by atoms with van der Waals surface area (Å²) in [4.78, 5) is 104. The van der Waals surface area contributed by atoms with E-state index < -0.39 is 54.1 Å². The monoisotopic (exact) mass is 1250 g/mol. The summed E-state index contributed by atoms with van der Waals surface area (Å²) in [6.07, 6.45) is 0.738. The molecule has 0 bridgehead atoms. The summed E-state index contributed by atoms with van der Waals surface area (Å²) in [5.74, 6) is -0.843. The minimum Gasteiger partial charge on any atom is -0.492 e. The first-order chi connectivity index (χ1) is 42.9. The Hall–Kier alpha value is -8.86. The predicted molar refractivity (Wildman–Crippen MR) is 343 cm³/mol. The molecule has 3 unspecified atom stereocenters. The number of likely N-dealkylation sites (tertiary alicyclic amines) is 1. The number of aromatic nitrogens is 1. The summed E-state index contributed by atoms with van der Waals surface area (Å²) in [6, 6.07) is 29.0. The van der Waals surface area contributed by atoms with Crippen molar-refractivity contribution in [2.45, 2.75) is 77.0 Å². The first-order valence-corrected chi connectivity index (χ1v) is 31.4. The van der Waals surface area contributed by atoms with Crippen molar-refractivity contribution in [3.63, 3.8) is 0 Å². The highest BCUT2D eigenvalue weighted by molar-refractivity contribution is 7.17. The third-order valence-corrected chi connectivity index (χ3v) is 18.1. The van der Waals surface area contributed by atoms with Gasteiger partial charge in [-0.05, 0) is 132 Å². The van der Waals surface area contributed by atoms with Crippen LogP contribution in [-0.2, 0) is 25.7 Å². The van der Waals surface area contributed by atoms with E-state index in [1.807, 2.05) is 85.1 Å². The van der Waals surface area contributed by atoms with E-state index in [4.69, 9.17) is 36.3 Å². The zero-order valence-corrected chi connectivity index (χ0v) is 52.1. The van der Waals surface area contributed by atoms with Gasteiger partial charge in [-0.15, -0.1) is 22.9 Å². The van der Waals surface area contributed by atoms with Crippen molar-refractivity contribution in [1.82, 2.24) is 35.6 Å². The van der Waals surface area contributed by atoms with Crippen LogP contribution in [0, 0.1) is 12.8 Å². The van der Waals surface area contributed by atoms with Crippen molar-refractivity contribution in [3.05, 3.63) is 142 Å². The molecular weight excluding hydrogens is 1180 g/mol. The number of nitrogens with one attached hydrogen (secondary N) is 5. The molecule has 4 heterocycles. The first kappa shape index (κ1) is 63.2. The van der Waals surface area contributed by atoms with E-state index in [1.165, 1.54) is 34.0 Å². The number of alkyl carbamates (subject to hydrolysis) is 1. The molecule has 89 heavy (non-hydrogen) atoms. The Balaban J connectivity index is 0.705. The van der Waals surface area contributed by atoms with Gasteiger partial charge in [0, 0.05) is 92.6 Å². The quantitative estimate of drug-likeness (QED) is 0.0244. The minimum absolute atomic E-state index is 0.0489. The van der Waals surface area contributed by atoms with Crippen LogP contribution in [0.25, 0.3) is 32.1 Å². The van der Waals surface area contributed by atoms with Crippen molar-refractivity contribution in [1.29, 1.82) is 0 Å². The third-order valence-electron chi connectivity index (χ3n) is 16.6. The van der Waals surface area contributed by atoms with Crippen molar-refractivity contribution in [2.75, 3.05) is 89.2 Å². The molecule has 8 amide bonds. The van der Waals surface area contributed by atoms with Crippen molar-refractivity contribution in [2.24, 2.45) is 11.7 Å². The molecule has 2 aromatic heterocycles. The van der Waals surface area contributed by atoms with Gasteiger partial charge in [0.2, 0.25) is 11.8 Å².